The highest BCUT2D eigenvalue weighted by Crippen LogP contribution is 1.92. The molecule has 1 rings (SSSR count). The summed E-state index contributed by atoms with van der Waals surface area (Å²) in [5, 5.41) is 11.0. The van der Waals surface area contributed by atoms with Crippen LogP contribution in [0.25, 0.3) is 0 Å². The topological polar surface area (TPSA) is 42.7 Å². The molecule has 4 heteroatoms. The second-order valence-corrected chi connectivity index (χ2v) is 2.85. The largest absolute Gasteiger partial charge is 0.316 e. The highest BCUT2D eigenvalue weighted by atomic mass is 15.4. The Morgan fingerprint density at radius 3 is 2.92 bits per heavy atom. The summed E-state index contributed by atoms with van der Waals surface area (Å²) in [5.74, 6) is 0. The van der Waals surface area contributed by atoms with E-state index >= 15 is 0 Å². The fourth-order valence-electron chi connectivity index (χ4n) is 1.06. The van der Waals surface area contributed by atoms with Gasteiger partial charge < -0.3 is 5.32 Å². The maximum Gasteiger partial charge on any atom is 0.0725 e. The zero-order valence-corrected chi connectivity index (χ0v) is 7.75. The summed E-state index contributed by atoms with van der Waals surface area (Å²) < 4.78 is 1.81. The van der Waals surface area contributed by atoms with Crippen molar-refractivity contribution in [1.82, 2.24) is 20.3 Å². The summed E-state index contributed by atoms with van der Waals surface area (Å²) in [6, 6.07) is 0. The smallest absolute Gasteiger partial charge is 0.0725 e. The maximum atomic E-state index is 3.85. The molecule has 0 fully saturated rings. The minimum atomic E-state index is 1.00. The van der Waals surface area contributed by atoms with Crippen LogP contribution in [0.15, 0.2) is 6.20 Å². The molecule has 0 atom stereocenters. The first kappa shape index (κ1) is 9.19. The summed E-state index contributed by atoms with van der Waals surface area (Å²) in [6.45, 7) is 4.26. The van der Waals surface area contributed by atoms with Crippen LogP contribution in [0.4, 0.5) is 0 Å². The van der Waals surface area contributed by atoms with Gasteiger partial charge in [0.1, 0.15) is 0 Å². The highest BCUT2D eigenvalue weighted by Gasteiger charge is 1.97. The number of aryl methyl sites for hydroxylation is 1. The molecule has 1 N–H and O–H groups in total. The van der Waals surface area contributed by atoms with Crippen molar-refractivity contribution in [2.45, 2.75) is 19.8 Å². The van der Waals surface area contributed by atoms with Gasteiger partial charge in [0.25, 0.3) is 0 Å². The van der Waals surface area contributed by atoms with Crippen molar-refractivity contribution >= 4 is 0 Å². The molecule has 1 heterocycles. The van der Waals surface area contributed by atoms with Crippen molar-refractivity contribution in [2.75, 3.05) is 13.1 Å². The molecule has 0 aliphatic carbocycles. The van der Waals surface area contributed by atoms with Gasteiger partial charge in [-0.2, -0.15) is 0 Å². The number of aromatic nitrogens is 3. The predicted molar refractivity (Wildman–Crippen MR) is 47.9 cm³/mol. The van der Waals surface area contributed by atoms with Crippen LogP contribution in [0.5, 0.6) is 0 Å². The first-order valence-electron chi connectivity index (χ1n) is 4.39. The lowest BCUT2D eigenvalue weighted by Crippen LogP contribution is -2.18. The van der Waals surface area contributed by atoms with Crippen LogP contribution in [-0.2, 0) is 13.5 Å². The lowest BCUT2D eigenvalue weighted by Gasteiger charge is -2.01. The summed E-state index contributed by atoms with van der Waals surface area (Å²) in [4.78, 5) is 0. The molecular weight excluding hydrogens is 152 g/mol. The molecule has 0 aliphatic rings. The Balaban J connectivity index is 2.20. The standard InChI is InChI=1S/C8H16N4/c1-3-5-9-6-4-8-7-10-11-12(8)2/h7,9H,3-6H2,1-2H3. The van der Waals surface area contributed by atoms with Gasteiger partial charge in [-0.05, 0) is 13.0 Å². The van der Waals surface area contributed by atoms with E-state index in [1.807, 2.05) is 17.9 Å². The lowest BCUT2D eigenvalue weighted by molar-refractivity contribution is 0.628. The molecule has 1 aromatic rings. The van der Waals surface area contributed by atoms with Gasteiger partial charge in [-0.3, -0.25) is 4.68 Å². The van der Waals surface area contributed by atoms with Crippen LogP contribution in [0.3, 0.4) is 0 Å². The minimum absolute atomic E-state index is 1.00. The van der Waals surface area contributed by atoms with Crippen LogP contribution in [-0.4, -0.2) is 28.1 Å². The maximum absolute atomic E-state index is 3.85. The van der Waals surface area contributed by atoms with Crippen LogP contribution in [0.2, 0.25) is 0 Å². The quantitative estimate of drug-likeness (QED) is 0.645. The third-order valence-electron chi connectivity index (χ3n) is 1.79. The van der Waals surface area contributed by atoms with Gasteiger partial charge in [-0.25, -0.2) is 0 Å². The zero-order valence-electron chi connectivity index (χ0n) is 7.75. The summed E-state index contributed by atoms with van der Waals surface area (Å²) in [5.41, 5.74) is 1.18. The molecule has 0 amide bonds. The second-order valence-electron chi connectivity index (χ2n) is 2.85. The van der Waals surface area contributed by atoms with Crippen molar-refractivity contribution in [2.24, 2.45) is 7.05 Å². The second kappa shape index (κ2) is 4.87. The number of hydrogen-bond donors (Lipinski definition) is 1. The van der Waals surface area contributed by atoms with E-state index in [2.05, 4.69) is 22.6 Å². The van der Waals surface area contributed by atoms with Gasteiger partial charge >= 0.3 is 0 Å². The van der Waals surface area contributed by atoms with Gasteiger partial charge in [-0.1, -0.05) is 12.1 Å². The molecule has 0 bridgehead atoms. The van der Waals surface area contributed by atoms with Crippen LogP contribution < -0.4 is 5.32 Å². The summed E-state index contributed by atoms with van der Waals surface area (Å²) in [7, 11) is 1.92. The van der Waals surface area contributed by atoms with Crippen LogP contribution >= 0.6 is 0 Å². The predicted octanol–water partition coefficient (Wildman–Crippen LogP) is 0.357. The Morgan fingerprint density at radius 1 is 1.50 bits per heavy atom. The Hall–Kier alpha value is -0.900. The van der Waals surface area contributed by atoms with E-state index in [-0.39, 0.29) is 0 Å². The summed E-state index contributed by atoms with van der Waals surface area (Å²) >= 11 is 0. The average Bonchev–Trinajstić information content (AvgIpc) is 2.46. The van der Waals surface area contributed by atoms with Gasteiger partial charge in [0.15, 0.2) is 0 Å². The third kappa shape index (κ3) is 2.62. The van der Waals surface area contributed by atoms with E-state index in [0.29, 0.717) is 0 Å². The SMILES string of the molecule is CCCNCCc1cnnn1C. The first-order valence-corrected chi connectivity index (χ1v) is 4.39. The monoisotopic (exact) mass is 168 g/mol. The Labute approximate surface area is 73.0 Å². The number of rotatable bonds is 5. The molecule has 0 spiro atoms. The van der Waals surface area contributed by atoms with E-state index in [1.54, 1.807) is 0 Å². The van der Waals surface area contributed by atoms with Gasteiger partial charge in [0.2, 0.25) is 0 Å². The van der Waals surface area contributed by atoms with Gasteiger partial charge in [0, 0.05) is 20.0 Å². The molecule has 0 radical (unpaired) electrons. The van der Waals surface area contributed by atoms with E-state index in [9.17, 15) is 0 Å². The minimum Gasteiger partial charge on any atom is -0.316 e. The van der Waals surface area contributed by atoms with Gasteiger partial charge in [-0.15, -0.1) is 5.10 Å². The molecule has 0 unspecified atom stereocenters. The van der Waals surface area contributed by atoms with Crippen molar-refractivity contribution in [3.8, 4) is 0 Å². The number of nitrogens with one attached hydrogen (secondary N) is 1. The first-order chi connectivity index (χ1) is 5.84. The van der Waals surface area contributed by atoms with Crippen molar-refractivity contribution in [3.05, 3.63) is 11.9 Å². The summed E-state index contributed by atoms with van der Waals surface area (Å²) in [6.07, 6.45) is 4.00. The van der Waals surface area contributed by atoms with E-state index in [0.717, 1.165) is 19.5 Å². The molecule has 0 saturated heterocycles. The normalized spacial score (nSPS) is 10.5. The zero-order chi connectivity index (χ0) is 8.81. The fourth-order valence-corrected chi connectivity index (χ4v) is 1.06. The molecule has 1 aromatic heterocycles. The van der Waals surface area contributed by atoms with Crippen molar-refractivity contribution in [3.63, 3.8) is 0 Å². The Morgan fingerprint density at radius 2 is 2.33 bits per heavy atom. The van der Waals surface area contributed by atoms with Crippen LogP contribution in [0.1, 0.15) is 19.0 Å². The molecule has 0 saturated carbocycles. The van der Waals surface area contributed by atoms with E-state index in [4.69, 9.17) is 0 Å². The molecule has 0 aromatic carbocycles. The Kier molecular flexibility index (Phi) is 3.73. The molecule has 4 nitrogen and oxygen atoms in total. The van der Waals surface area contributed by atoms with Crippen LogP contribution in [0, 0.1) is 0 Å². The van der Waals surface area contributed by atoms with Gasteiger partial charge in [0.05, 0.1) is 11.9 Å². The molecule has 12 heavy (non-hydrogen) atoms. The average molecular weight is 168 g/mol. The lowest BCUT2D eigenvalue weighted by atomic mass is 10.3. The Bertz CT molecular complexity index is 219. The number of nitrogens with zero attached hydrogens (tertiary/aromatic N) is 3. The van der Waals surface area contributed by atoms with E-state index < -0.39 is 0 Å². The van der Waals surface area contributed by atoms with Crippen molar-refractivity contribution in [1.29, 1.82) is 0 Å². The molecular formula is C8H16N4. The van der Waals surface area contributed by atoms with E-state index in [1.165, 1.54) is 12.1 Å². The third-order valence-corrected chi connectivity index (χ3v) is 1.79. The highest BCUT2D eigenvalue weighted by molar-refractivity contribution is 4.93. The number of hydrogen-bond acceptors (Lipinski definition) is 3. The molecule has 68 valence electrons. The molecule has 0 aliphatic heterocycles. The fraction of sp³-hybridized carbons (Fsp3) is 0.750. The van der Waals surface area contributed by atoms with Crippen molar-refractivity contribution < 1.29 is 0 Å².